The van der Waals surface area contributed by atoms with E-state index < -0.39 is 20.8 Å². The van der Waals surface area contributed by atoms with E-state index in [9.17, 15) is 12.6 Å². The molecular weight excluding hydrogens is 284 g/mol. The molecule has 1 unspecified atom stereocenters. The molecule has 0 heterocycles. The number of hydrogen-bond acceptors (Lipinski definition) is 4. The summed E-state index contributed by atoms with van der Waals surface area (Å²) in [4.78, 5) is 0.299. The van der Waals surface area contributed by atoms with Crippen LogP contribution in [0.4, 0.5) is 5.69 Å². The molecule has 2 N–H and O–H groups in total. The average Bonchev–Trinajstić information content (AvgIpc) is 2.26. The van der Waals surface area contributed by atoms with Gasteiger partial charge in [0, 0.05) is 42.1 Å². The van der Waals surface area contributed by atoms with Gasteiger partial charge >= 0.3 is 0 Å². The summed E-state index contributed by atoms with van der Waals surface area (Å²) < 4.78 is 37.9. The maximum Gasteiger partial charge on any atom is 0.241 e. The lowest BCUT2D eigenvalue weighted by Gasteiger charge is -2.13. The van der Waals surface area contributed by atoms with Gasteiger partial charge in [0.1, 0.15) is 0 Å². The topological polar surface area (TPSA) is 75.3 Å². The van der Waals surface area contributed by atoms with E-state index in [1.54, 1.807) is 39.3 Å². The third-order valence-corrected chi connectivity index (χ3v) is 5.24. The molecule has 1 atom stereocenters. The Kier molecular flexibility index (Phi) is 5.51. The molecule has 7 heteroatoms. The fraction of sp³-hybridized carbons (Fsp3) is 0.500. The summed E-state index contributed by atoms with van der Waals surface area (Å²) in [6, 6.07) is 3.58. The Morgan fingerprint density at radius 3 is 2.16 bits per heavy atom. The quantitative estimate of drug-likeness (QED) is 0.822. The van der Waals surface area contributed by atoms with Crippen LogP contribution < -0.4 is 10.0 Å². The summed E-state index contributed by atoms with van der Waals surface area (Å²) in [5.74, 6) is 0.311. The van der Waals surface area contributed by atoms with Crippen molar-refractivity contribution < 1.29 is 12.6 Å². The number of anilines is 1. The van der Waals surface area contributed by atoms with Gasteiger partial charge in [0.25, 0.3) is 0 Å². The van der Waals surface area contributed by atoms with Crippen LogP contribution >= 0.6 is 0 Å². The molecule has 0 fully saturated rings. The maximum absolute atomic E-state index is 12.2. The Balaban J connectivity index is 3.04. The van der Waals surface area contributed by atoms with Crippen LogP contribution in [0, 0.1) is 13.8 Å². The summed E-state index contributed by atoms with van der Waals surface area (Å²) in [7, 11) is -2.77. The SMILES string of the molecule is CNc1cc(C)c(S(=O)(=O)NCCS(C)=O)c(C)c1. The molecule has 0 spiro atoms. The van der Waals surface area contributed by atoms with Crippen molar-refractivity contribution in [2.24, 2.45) is 0 Å². The standard InChI is InChI=1S/C12H20N2O3S2/c1-9-7-11(13-3)8-10(2)12(9)19(16,17)14-5-6-18(4)15/h7-8,13-14H,5-6H2,1-4H3. The van der Waals surface area contributed by atoms with E-state index >= 15 is 0 Å². The zero-order chi connectivity index (χ0) is 14.6. The van der Waals surface area contributed by atoms with Crippen LogP contribution in [-0.2, 0) is 20.8 Å². The highest BCUT2D eigenvalue weighted by molar-refractivity contribution is 7.89. The van der Waals surface area contributed by atoms with Gasteiger partial charge in [-0.1, -0.05) is 0 Å². The zero-order valence-corrected chi connectivity index (χ0v) is 13.2. The largest absolute Gasteiger partial charge is 0.388 e. The van der Waals surface area contributed by atoms with Gasteiger partial charge in [0.2, 0.25) is 10.0 Å². The lowest BCUT2D eigenvalue weighted by atomic mass is 10.1. The molecule has 0 bridgehead atoms. The maximum atomic E-state index is 12.2. The molecule has 108 valence electrons. The minimum Gasteiger partial charge on any atom is -0.388 e. The molecule has 0 amide bonds. The van der Waals surface area contributed by atoms with Crippen molar-refractivity contribution in [3.63, 3.8) is 0 Å². The summed E-state index contributed by atoms with van der Waals surface area (Å²) in [6.45, 7) is 3.71. The lowest BCUT2D eigenvalue weighted by molar-refractivity contribution is 0.582. The van der Waals surface area contributed by atoms with Gasteiger partial charge < -0.3 is 5.32 Å². The fourth-order valence-electron chi connectivity index (χ4n) is 1.91. The van der Waals surface area contributed by atoms with Crippen LogP contribution in [0.3, 0.4) is 0 Å². The average molecular weight is 304 g/mol. The molecule has 19 heavy (non-hydrogen) atoms. The van der Waals surface area contributed by atoms with E-state index in [0.717, 1.165) is 5.69 Å². The lowest BCUT2D eigenvalue weighted by Crippen LogP contribution is -2.29. The molecule has 5 nitrogen and oxygen atoms in total. The van der Waals surface area contributed by atoms with E-state index in [0.29, 0.717) is 21.8 Å². The van der Waals surface area contributed by atoms with E-state index in [4.69, 9.17) is 0 Å². The monoisotopic (exact) mass is 304 g/mol. The number of aryl methyl sites for hydroxylation is 2. The van der Waals surface area contributed by atoms with Crippen LogP contribution in [0.15, 0.2) is 17.0 Å². The van der Waals surface area contributed by atoms with Crippen molar-refractivity contribution in [2.75, 3.05) is 30.9 Å². The molecule has 0 saturated carbocycles. The number of benzene rings is 1. The van der Waals surface area contributed by atoms with Crippen molar-refractivity contribution in [3.8, 4) is 0 Å². The van der Waals surface area contributed by atoms with Crippen LogP contribution in [0.2, 0.25) is 0 Å². The van der Waals surface area contributed by atoms with Crippen molar-refractivity contribution in [1.82, 2.24) is 4.72 Å². The van der Waals surface area contributed by atoms with Crippen molar-refractivity contribution in [2.45, 2.75) is 18.7 Å². The number of sulfonamides is 1. The predicted octanol–water partition coefficient (Wildman–Crippen LogP) is 1.00. The van der Waals surface area contributed by atoms with Gasteiger partial charge in [-0.05, 0) is 37.1 Å². The first kappa shape index (κ1) is 16.1. The smallest absolute Gasteiger partial charge is 0.241 e. The van der Waals surface area contributed by atoms with Crippen molar-refractivity contribution in [3.05, 3.63) is 23.3 Å². The molecule has 0 radical (unpaired) electrons. The van der Waals surface area contributed by atoms with Gasteiger partial charge in [-0.15, -0.1) is 0 Å². The highest BCUT2D eigenvalue weighted by Crippen LogP contribution is 2.23. The Bertz CT molecular complexity index is 560. The van der Waals surface area contributed by atoms with Crippen LogP contribution in [0.5, 0.6) is 0 Å². The third-order valence-electron chi connectivity index (χ3n) is 2.70. The number of nitrogens with one attached hydrogen (secondary N) is 2. The molecule has 0 aliphatic carbocycles. The molecule has 1 rings (SSSR count). The zero-order valence-electron chi connectivity index (χ0n) is 11.6. The highest BCUT2D eigenvalue weighted by Gasteiger charge is 2.19. The first-order valence-corrected chi connectivity index (χ1v) is 9.07. The fourth-order valence-corrected chi connectivity index (χ4v) is 3.91. The number of hydrogen-bond donors (Lipinski definition) is 2. The molecule has 0 saturated heterocycles. The first-order valence-electron chi connectivity index (χ1n) is 5.86. The van der Waals surface area contributed by atoms with E-state index in [1.807, 2.05) is 0 Å². The second-order valence-corrected chi connectivity index (χ2v) is 7.62. The minimum atomic E-state index is -3.55. The van der Waals surface area contributed by atoms with Crippen molar-refractivity contribution in [1.29, 1.82) is 0 Å². The summed E-state index contributed by atoms with van der Waals surface area (Å²) in [5, 5.41) is 2.99. The number of rotatable bonds is 6. The van der Waals surface area contributed by atoms with Gasteiger partial charge in [0.05, 0.1) is 4.90 Å². The Hall–Kier alpha value is -0.920. The third kappa shape index (κ3) is 4.29. The highest BCUT2D eigenvalue weighted by atomic mass is 32.2. The van der Waals surface area contributed by atoms with Crippen LogP contribution in [0.25, 0.3) is 0 Å². The second-order valence-electron chi connectivity index (χ2n) is 4.36. The van der Waals surface area contributed by atoms with Crippen LogP contribution in [0.1, 0.15) is 11.1 Å². The van der Waals surface area contributed by atoms with E-state index in [-0.39, 0.29) is 6.54 Å². The van der Waals surface area contributed by atoms with Gasteiger partial charge in [-0.3, -0.25) is 4.21 Å². The Morgan fingerprint density at radius 1 is 1.21 bits per heavy atom. The molecule has 1 aromatic rings. The van der Waals surface area contributed by atoms with Crippen LogP contribution in [-0.4, -0.2) is 38.2 Å². The molecule has 0 aromatic heterocycles. The molecular formula is C12H20N2O3S2. The Labute approximate surface area is 117 Å². The molecule has 0 aliphatic rings. The summed E-state index contributed by atoms with van der Waals surface area (Å²) in [6.07, 6.45) is 1.55. The minimum absolute atomic E-state index is 0.179. The van der Waals surface area contributed by atoms with E-state index in [1.165, 1.54) is 0 Å². The molecule has 0 aliphatic heterocycles. The van der Waals surface area contributed by atoms with Gasteiger partial charge in [-0.25, -0.2) is 13.1 Å². The van der Waals surface area contributed by atoms with E-state index in [2.05, 4.69) is 10.0 Å². The van der Waals surface area contributed by atoms with Gasteiger partial charge in [0.15, 0.2) is 0 Å². The Morgan fingerprint density at radius 2 is 1.74 bits per heavy atom. The summed E-state index contributed by atoms with van der Waals surface area (Å²) in [5.41, 5.74) is 2.26. The molecule has 1 aromatic carbocycles. The predicted molar refractivity (Wildman–Crippen MR) is 79.6 cm³/mol. The normalized spacial score (nSPS) is 13.3. The summed E-state index contributed by atoms with van der Waals surface area (Å²) >= 11 is 0. The van der Waals surface area contributed by atoms with Gasteiger partial charge in [-0.2, -0.15) is 0 Å². The second kappa shape index (κ2) is 6.49. The van der Waals surface area contributed by atoms with Crippen molar-refractivity contribution >= 4 is 26.5 Å². The first-order chi connectivity index (χ1) is 8.77.